The topological polar surface area (TPSA) is 128 Å². The van der Waals surface area contributed by atoms with Crippen LogP contribution < -0.4 is 10.6 Å². The molecule has 0 saturated heterocycles. The number of hydrogen-bond acceptors (Lipinski definition) is 7. The predicted molar refractivity (Wildman–Crippen MR) is 107 cm³/mol. The number of nitrogens with one attached hydrogen (secondary N) is 2. The van der Waals surface area contributed by atoms with Crippen LogP contribution in [0.15, 0.2) is 24.3 Å². The Bertz CT molecular complexity index is 957. The predicted octanol–water partition coefficient (Wildman–Crippen LogP) is 3.37. The smallest absolute Gasteiger partial charge is 0.348 e. The molecule has 1 heterocycles. The molecule has 2 atom stereocenters. The molecule has 1 aliphatic rings. The van der Waals surface area contributed by atoms with Crippen molar-refractivity contribution >= 4 is 45.0 Å². The average Bonchev–Trinajstić information content (AvgIpc) is 3.11. The van der Waals surface area contributed by atoms with E-state index in [1.54, 1.807) is 6.07 Å². The summed E-state index contributed by atoms with van der Waals surface area (Å²) in [5.74, 6) is -1.10. The second-order valence-corrected chi connectivity index (χ2v) is 8.14. The first-order valence-corrected chi connectivity index (χ1v) is 10.1. The van der Waals surface area contributed by atoms with Gasteiger partial charge in [-0.1, -0.05) is 19.8 Å². The van der Waals surface area contributed by atoms with Crippen LogP contribution in [0, 0.1) is 16.0 Å². The van der Waals surface area contributed by atoms with Crippen molar-refractivity contribution in [3.8, 4) is 0 Å². The third-order valence-electron chi connectivity index (χ3n) is 4.93. The van der Waals surface area contributed by atoms with Crippen LogP contribution in [0.4, 0.5) is 10.5 Å². The summed E-state index contributed by atoms with van der Waals surface area (Å²) in [5, 5.41) is 16.3. The van der Waals surface area contributed by atoms with Crippen molar-refractivity contribution < 1.29 is 24.0 Å². The van der Waals surface area contributed by atoms with Crippen molar-refractivity contribution in [1.29, 1.82) is 0 Å². The number of urea groups is 1. The van der Waals surface area contributed by atoms with Crippen molar-refractivity contribution in [3.05, 3.63) is 39.3 Å². The van der Waals surface area contributed by atoms with Crippen LogP contribution in [0.25, 0.3) is 10.1 Å². The van der Waals surface area contributed by atoms with E-state index in [9.17, 15) is 24.5 Å². The van der Waals surface area contributed by atoms with Gasteiger partial charge in [0.25, 0.3) is 11.6 Å². The van der Waals surface area contributed by atoms with Gasteiger partial charge in [-0.2, -0.15) is 0 Å². The number of hydrogen-bond donors (Lipinski definition) is 2. The summed E-state index contributed by atoms with van der Waals surface area (Å²) < 4.78 is 5.64. The van der Waals surface area contributed by atoms with Gasteiger partial charge in [-0.05, 0) is 30.9 Å². The molecule has 2 N–H and O–H groups in total. The van der Waals surface area contributed by atoms with Crippen LogP contribution >= 0.6 is 11.3 Å². The Labute approximate surface area is 170 Å². The lowest BCUT2D eigenvalue weighted by Gasteiger charge is -2.29. The number of rotatable bonds is 5. The Morgan fingerprint density at radius 3 is 2.72 bits per heavy atom. The van der Waals surface area contributed by atoms with E-state index in [0.717, 1.165) is 37.0 Å². The lowest BCUT2D eigenvalue weighted by Crippen LogP contribution is -2.48. The van der Waals surface area contributed by atoms with E-state index in [0.29, 0.717) is 16.0 Å². The molecule has 29 heavy (non-hydrogen) atoms. The lowest BCUT2D eigenvalue weighted by atomic mass is 9.86. The summed E-state index contributed by atoms with van der Waals surface area (Å²) in [7, 11) is 0. The summed E-state index contributed by atoms with van der Waals surface area (Å²) in [6, 6.07) is 5.18. The Kier molecular flexibility index (Phi) is 6.42. The molecule has 0 unspecified atom stereocenters. The zero-order chi connectivity index (χ0) is 21.0. The van der Waals surface area contributed by atoms with Gasteiger partial charge in [0.05, 0.1) is 4.92 Å². The maximum Gasteiger partial charge on any atom is 0.348 e. The third-order valence-corrected chi connectivity index (χ3v) is 6.02. The van der Waals surface area contributed by atoms with Crippen LogP contribution in [-0.4, -0.2) is 35.5 Å². The minimum Gasteiger partial charge on any atom is -0.451 e. The number of esters is 1. The van der Waals surface area contributed by atoms with Gasteiger partial charge in [0, 0.05) is 28.3 Å². The van der Waals surface area contributed by atoms with Crippen molar-refractivity contribution in [3.63, 3.8) is 0 Å². The van der Waals surface area contributed by atoms with E-state index >= 15 is 0 Å². The Morgan fingerprint density at radius 1 is 1.24 bits per heavy atom. The van der Waals surface area contributed by atoms with E-state index < -0.39 is 29.4 Å². The number of imide groups is 1. The molecule has 3 rings (SSSR count). The van der Waals surface area contributed by atoms with Gasteiger partial charge in [-0.15, -0.1) is 11.3 Å². The maximum atomic E-state index is 12.2. The van der Waals surface area contributed by atoms with E-state index in [1.165, 1.54) is 18.2 Å². The summed E-state index contributed by atoms with van der Waals surface area (Å²) in [6.07, 6.45) is 4.09. The Hall–Kier alpha value is -3.01. The summed E-state index contributed by atoms with van der Waals surface area (Å²) in [5.41, 5.74) is -0.0760. The normalized spacial score (nSPS) is 18.8. The standard InChI is InChI=1S/C19H21N3O6S/c1-11-4-2-3-5-14(11)20-19(25)21-17(23)10-28-18(24)16-9-12-8-13(22(26)27)6-7-15(12)29-16/h6-9,11,14H,2-5,10H2,1H3,(H2,20,21,23,25)/t11-,14+/m1/s1. The monoisotopic (exact) mass is 419 g/mol. The molecule has 1 aliphatic carbocycles. The third kappa shape index (κ3) is 5.29. The number of thiophene rings is 1. The molecule has 1 aromatic heterocycles. The first-order chi connectivity index (χ1) is 13.8. The highest BCUT2D eigenvalue weighted by molar-refractivity contribution is 7.20. The number of nitro groups is 1. The molecule has 0 spiro atoms. The highest BCUT2D eigenvalue weighted by atomic mass is 32.1. The first-order valence-electron chi connectivity index (χ1n) is 9.29. The molecule has 1 fully saturated rings. The first kappa shape index (κ1) is 20.7. The van der Waals surface area contributed by atoms with Crippen molar-refractivity contribution in [2.45, 2.75) is 38.6 Å². The summed E-state index contributed by atoms with van der Waals surface area (Å²) >= 11 is 1.11. The zero-order valence-corrected chi connectivity index (χ0v) is 16.6. The van der Waals surface area contributed by atoms with Crippen molar-refractivity contribution in [2.75, 3.05) is 6.61 Å². The summed E-state index contributed by atoms with van der Waals surface area (Å²) in [4.78, 5) is 46.5. The van der Waals surface area contributed by atoms with Crippen LogP contribution in [0.2, 0.25) is 0 Å². The molecular formula is C19H21N3O6S. The highest BCUT2D eigenvalue weighted by Gasteiger charge is 2.23. The van der Waals surface area contributed by atoms with Gasteiger partial charge in [0.2, 0.25) is 0 Å². The molecule has 1 aromatic carbocycles. The van der Waals surface area contributed by atoms with E-state index in [1.807, 2.05) is 0 Å². The molecule has 154 valence electrons. The van der Waals surface area contributed by atoms with Crippen LogP contribution in [0.3, 0.4) is 0 Å². The van der Waals surface area contributed by atoms with Gasteiger partial charge in [0.15, 0.2) is 6.61 Å². The average molecular weight is 419 g/mol. The van der Waals surface area contributed by atoms with Crippen LogP contribution in [0.5, 0.6) is 0 Å². The number of nitrogens with zero attached hydrogens (tertiary/aromatic N) is 1. The SMILES string of the molecule is C[C@@H]1CCCC[C@@H]1NC(=O)NC(=O)COC(=O)c1cc2cc([N+](=O)[O-])ccc2s1. The molecule has 2 aromatic rings. The number of non-ortho nitro benzene ring substituents is 1. The van der Waals surface area contributed by atoms with Crippen LogP contribution in [0.1, 0.15) is 42.3 Å². The maximum absolute atomic E-state index is 12.2. The number of nitro benzene ring substituents is 1. The fourth-order valence-corrected chi connectivity index (χ4v) is 4.28. The van der Waals surface area contributed by atoms with Gasteiger partial charge in [-0.25, -0.2) is 9.59 Å². The molecule has 1 saturated carbocycles. The molecule has 0 radical (unpaired) electrons. The van der Waals surface area contributed by atoms with Crippen LogP contribution in [-0.2, 0) is 9.53 Å². The molecule has 0 bridgehead atoms. The largest absolute Gasteiger partial charge is 0.451 e. The Morgan fingerprint density at radius 2 is 2.00 bits per heavy atom. The van der Waals surface area contributed by atoms with Crippen molar-refractivity contribution in [2.24, 2.45) is 5.92 Å². The molecular weight excluding hydrogens is 398 g/mol. The summed E-state index contributed by atoms with van der Waals surface area (Å²) in [6.45, 7) is 1.47. The molecule has 3 amide bonds. The minimum absolute atomic E-state index is 0.0294. The van der Waals surface area contributed by atoms with Crippen molar-refractivity contribution in [1.82, 2.24) is 10.6 Å². The number of amides is 3. The van der Waals surface area contributed by atoms with Gasteiger partial charge < -0.3 is 10.1 Å². The Balaban J connectivity index is 1.50. The number of ether oxygens (including phenoxy) is 1. The number of carbonyl (C=O) groups excluding carboxylic acids is 3. The second-order valence-electron chi connectivity index (χ2n) is 7.06. The molecule has 10 heteroatoms. The van der Waals surface area contributed by atoms with Gasteiger partial charge in [0.1, 0.15) is 4.88 Å². The van der Waals surface area contributed by atoms with E-state index in [2.05, 4.69) is 17.6 Å². The lowest BCUT2D eigenvalue weighted by molar-refractivity contribution is -0.384. The van der Waals surface area contributed by atoms with E-state index in [4.69, 9.17) is 4.74 Å². The molecule has 9 nitrogen and oxygen atoms in total. The van der Waals surface area contributed by atoms with Gasteiger partial charge in [-0.3, -0.25) is 20.2 Å². The quantitative estimate of drug-likeness (QED) is 0.434. The fraction of sp³-hybridized carbons (Fsp3) is 0.421. The second kappa shape index (κ2) is 8.99. The minimum atomic E-state index is -0.731. The number of carbonyl (C=O) groups is 3. The van der Waals surface area contributed by atoms with Gasteiger partial charge >= 0.3 is 12.0 Å². The van der Waals surface area contributed by atoms with E-state index in [-0.39, 0.29) is 16.6 Å². The molecule has 0 aliphatic heterocycles. The fourth-order valence-electron chi connectivity index (χ4n) is 3.35. The number of fused-ring (bicyclic) bond motifs is 1. The number of benzene rings is 1. The zero-order valence-electron chi connectivity index (χ0n) is 15.8. The highest BCUT2D eigenvalue weighted by Crippen LogP contribution is 2.29.